The minimum Gasteiger partial charge on any atom is -0.336 e. The van der Waals surface area contributed by atoms with E-state index in [2.05, 4.69) is 10.4 Å². The summed E-state index contributed by atoms with van der Waals surface area (Å²) in [5.74, 6) is -0.0612. The molecule has 2 aromatic rings. The van der Waals surface area contributed by atoms with Gasteiger partial charge < -0.3 is 10.2 Å². The lowest BCUT2D eigenvalue weighted by molar-refractivity contribution is -0.134. The highest BCUT2D eigenvalue weighted by atomic mass is 16.2. The molecule has 1 aromatic heterocycles. The largest absolute Gasteiger partial charge is 0.336 e. The molecule has 1 aromatic carbocycles. The Balaban J connectivity index is 1.86. The van der Waals surface area contributed by atoms with E-state index in [1.807, 2.05) is 25.1 Å². The lowest BCUT2D eigenvalue weighted by atomic mass is 10.2. The van der Waals surface area contributed by atoms with Gasteiger partial charge in [-0.2, -0.15) is 5.10 Å². The zero-order valence-corrected chi connectivity index (χ0v) is 12.0. The van der Waals surface area contributed by atoms with E-state index in [1.165, 1.54) is 4.68 Å². The number of carbonyl (C=O) groups excluding carboxylic acids is 1. The highest BCUT2D eigenvalue weighted by molar-refractivity contribution is 5.81. The number of benzene rings is 1. The summed E-state index contributed by atoms with van der Waals surface area (Å²) in [6.45, 7) is 4.24. The van der Waals surface area contributed by atoms with Crippen LogP contribution < -0.4 is 10.9 Å². The summed E-state index contributed by atoms with van der Waals surface area (Å²) in [6, 6.07) is 7.42. The first-order chi connectivity index (χ1) is 10.2. The molecule has 0 unspecified atom stereocenters. The first-order valence-corrected chi connectivity index (χ1v) is 7.12. The van der Waals surface area contributed by atoms with Gasteiger partial charge in [0.15, 0.2) is 0 Å². The van der Waals surface area contributed by atoms with Crippen LogP contribution in [0.1, 0.15) is 6.92 Å². The molecule has 21 heavy (non-hydrogen) atoms. The van der Waals surface area contributed by atoms with Gasteiger partial charge in [-0.3, -0.25) is 9.59 Å². The fraction of sp³-hybridized carbons (Fsp3) is 0.400. The summed E-state index contributed by atoms with van der Waals surface area (Å²) in [6.07, 6.45) is 1.63. The van der Waals surface area contributed by atoms with Crippen LogP contribution >= 0.6 is 0 Å². The molecule has 1 aliphatic rings. The minimum atomic E-state index is -0.218. The third-order valence-electron chi connectivity index (χ3n) is 3.87. The molecule has 2 heterocycles. The Morgan fingerprint density at radius 3 is 3.05 bits per heavy atom. The predicted molar refractivity (Wildman–Crippen MR) is 80.0 cm³/mol. The number of hydrogen-bond donors (Lipinski definition) is 1. The van der Waals surface area contributed by atoms with Crippen molar-refractivity contribution in [3.63, 3.8) is 0 Å². The second-order valence-electron chi connectivity index (χ2n) is 5.33. The molecule has 1 aliphatic heterocycles. The van der Waals surface area contributed by atoms with E-state index in [1.54, 1.807) is 17.2 Å². The average molecular weight is 286 g/mol. The van der Waals surface area contributed by atoms with Crippen LogP contribution in [-0.2, 0) is 11.3 Å². The van der Waals surface area contributed by atoms with E-state index in [0.29, 0.717) is 11.9 Å². The molecule has 0 aliphatic carbocycles. The van der Waals surface area contributed by atoms with E-state index in [0.717, 1.165) is 18.5 Å². The predicted octanol–water partition coefficient (Wildman–Crippen LogP) is 0.217. The van der Waals surface area contributed by atoms with Crippen molar-refractivity contribution in [1.82, 2.24) is 20.0 Å². The molecule has 0 bridgehead atoms. The molecular formula is C15H18N4O2. The summed E-state index contributed by atoms with van der Waals surface area (Å²) in [7, 11) is 0. The Hall–Kier alpha value is -2.21. The van der Waals surface area contributed by atoms with Gasteiger partial charge in [0.1, 0.15) is 6.54 Å². The smallest absolute Gasteiger partial charge is 0.275 e. The highest BCUT2D eigenvalue weighted by Gasteiger charge is 2.23. The molecular weight excluding hydrogens is 268 g/mol. The first-order valence-electron chi connectivity index (χ1n) is 7.12. The minimum absolute atomic E-state index is 0.00594. The molecule has 6 heteroatoms. The molecule has 110 valence electrons. The number of nitrogens with one attached hydrogen (secondary N) is 1. The van der Waals surface area contributed by atoms with Crippen LogP contribution in [0.4, 0.5) is 0 Å². The maximum absolute atomic E-state index is 12.4. The summed E-state index contributed by atoms with van der Waals surface area (Å²) < 4.78 is 1.25. The number of aromatic nitrogens is 2. The molecule has 1 N–H and O–H groups in total. The SMILES string of the molecule is C[C@H]1CNCCN1C(=O)Cn1ncc2ccccc2c1=O. The van der Waals surface area contributed by atoms with Crippen molar-refractivity contribution < 1.29 is 4.79 Å². The molecule has 0 spiro atoms. The maximum Gasteiger partial charge on any atom is 0.275 e. The van der Waals surface area contributed by atoms with Crippen LogP contribution in [0.15, 0.2) is 35.3 Å². The number of rotatable bonds is 2. The molecule has 1 amide bonds. The number of carbonyl (C=O) groups is 1. The first kappa shape index (κ1) is 13.8. The van der Waals surface area contributed by atoms with Crippen LogP contribution in [0.5, 0.6) is 0 Å². The van der Waals surface area contributed by atoms with Gasteiger partial charge in [-0.15, -0.1) is 0 Å². The third-order valence-corrected chi connectivity index (χ3v) is 3.87. The van der Waals surface area contributed by atoms with E-state index >= 15 is 0 Å². The van der Waals surface area contributed by atoms with Crippen LogP contribution in [0.2, 0.25) is 0 Å². The molecule has 6 nitrogen and oxygen atoms in total. The Labute approximate surface area is 122 Å². The van der Waals surface area contributed by atoms with Crippen molar-refractivity contribution in [2.45, 2.75) is 19.5 Å². The van der Waals surface area contributed by atoms with Gasteiger partial charge in [-0.1, -0.05) is 18.2 Å². The Morgan fingerprint density at radius 1 is 1.43 bits per heavy atom. The molecule has 1 atom stereocenters. The number of nitrogens with zero attached hydrogens (tertiary/aromatic N) is 3. The summed E-state index contributed by atoms with van der Waals surface area (Å²) in [5, 5.41) is 8.73. The van der Waals surface area contributed by atoms with Gasteiger partial charge in [0.25, 0.3) is 5.56 Å². The van der Waals surface area contributed by atoms with Gasteiger partial charge in [0.05, 0.1) is 11.6 Å². The van der Waals surface area contributed by atoms with Gasteiger partial charge in [0, 0.05) is 31.1 Å². The van der Waals surface area contributed by atoms with Crippen molar-refractivity contribution in [1.29, 1.82) is 0 Å². The Bertz CT molecular complexity index is 725. The highest BCUT2D eigenvalue weighted by Crippen LogP contribution is 2.07. The van der Waals surface area contributed by atoms with Gasteiger partial charge in [0.2, 0.25) is 5.91 Å². The molecule has 3 rings (SSSR count). The molecule has 1 fully saturated rings. The summed E-state index contributed by atoms with van der Waals surface area (Å²) in [4.78, 5) is 26.5. The van der Waals surface area contributed by atoms with Gasteiger partial charge in [-0.05, 0) is 13.0 Å². The van der Waals surface area contributed by atoms with E-state index in [-0.39, 0.29) is 24.1 Å². The molecule has 0 saturated carbocycles. The normalized spacial score (nSPS) is 18.9. The van der Waals surface area contributed by atoms with Crippen LogP contribution in [0.3, 0.4) is 0 Å². The Morgan fingerprint density at radius 2 is 2.24 bits per heavy atom. The second-order valence-corrected chi connectivity index (χ2v) is 5.33. The van der Waals surface area contributed by atoms with Crippen LogP contribution in [-0.4, -0.2) is 46.3 Å². The lowest BCUT2D eigenvalue weighted by Gasteiger charge is -2.34. The van der Waals surface area contributed by atoms with Gasteiger partial charge >= 0.3 is 0 Å². The quantitative estimate of drug-likeness (QED) is 0.857. The number of fused-ring (bicyclic) bond motifs is 1. The van der Waals surface area contributed by atoms with Crippen LogP contribution in [0, 0.1) is 0 Å². The monoisotopic (exact) mass is 286 g/mol. The average Bonchev–Trinajstić information content (AvgIpc) is 2.51. The van der Waals surface area contributed by atoms with E-state index in [9.17, 15) is 9.59 Å². The fourth-order valence-electron chi connectivity index (χ4n) is 2.67. The standard InChI is InChI=1S/C15H18N4O2/c1-11-8-16-6-7-18(11)14(20)10-19-15(21)13-5-3-2-4-12(13)9-17-19/h2-5,9,11,16H,6-8,10H2,1H3/t11-/m0/s1. The lowest BCUT2D eigenvalue weighted by Crippen LogP contribution is -2.53. The van der Waals surface area contributed by atoms with Crippen molar-refractivity contribution in [2.75, 3.05) is 19.6 Å². The van der Waals surface area contributed by atoms with Crippen molar-refractivity contribution in [3.05, 3.63) is 40.8 Å². The fourth-order valence-corrected chi connectivity index (χ4v) is 2.67. The number of piperazine rings is 1. The van der Waals surface area contributed by atoms with E-state index < -0.39 is 0 Å². The second kappa shape index (κ2) is 5.65. The zero-order chi connectivity index (χ0) is 14.8. The summed E-state index contributed by atoms with van der Waals surface area (Å²) >= 11 is 0. The topological polar surface area (TPSA) is 67.2 Å². The number of hydrogen-bond acceptors (Lipinski definition) is 4. The van der Waals surface area contributed by atoms with Crippen molar-refractivity contribution >= 4 is 16.7 Å². The van der Waals surface area contributed by atoms with Crippen molar-refractivity contribution in [2.24, 2.45) is 0 Å². The van der Waals surface area contributed by atoms with E-state index in [4.69, 9.17) is 0 Å². The van der Waals surface area contributed by atoms with Crippen LogP contribution in [0.25, 0.3) is 10.8 Å². The zero-order valence-electron chi connectivity index (χ0n) is 12.0. The summed E-state index contributed by atoms with van der Waals surface area (Å²) in [5.41, 5.74) is -0.218. The third kappa shape index (κ3) is 2.67. The Kier molecular flexibility index (Phi) is 3.70. The number of amides is 1. The maximum atomic E-state index is 12.4. The molecule has 0 radical (unpaired) electrons. The molecule has 1 saturated heterocycles. The van der Waals surface area contributed by atoms with Gasteiger partial charge in [-0.25, -0.2) is 4.68 Å². The van der Waals surface area contributed by atoms with Crippen molar-refractivity contribution in [3.8, 4) is 0 Å².